The smallest absolute Gasteiger partial charge is 0.137 e. The van der Waals surface area contributed by atoms with Gasteiger partial charge in [0, 0.05) is 17.1 Å². The van der Waals surface area contributed by atoms with Crippen LogP contribution in [0.5, 0.6) is 0 Å². The number of hydrogen-bond donors (Lipinski definition) is 0. The minimum atomic E-state index is 0.313. The second kappa shape index (κ2) is 6.27. The van der Waals surface area contributed by atoms with Crippen LogP contribution in [0.25, 0.3) is 5.69 Å². The first kappa shape index (κ1) is 14.9. The highest BCUT2D eigenvalue weighted by Gasteiger charge is 2.17. The summed E-state index contributed by atoms with van der Waals surface area (Å²) in [5, 5.41) is 5.03. The Morgan fingerprint density at radius 1 is 1.42 bits per heavy atom. The normalized spacial score (nSPS) is 11.0. The number of halogens is 3. The van der Waals surface area contributed by atoms with E-state index in [2.05, 4.69) is 21.0 Å². The predicted molar refractivity (Wildman–Crippen MR) is 81.3 cm³/mol. The van der Waals surface area contributed by atoms with Gasteiger partial charge < -0.3 is 4.74 Å². The van der Waals surface area contributed by atoms with Crippen molar-refractivity contribution < 1.29 is 4.74 Å². The fraction of sp³-hybridized carbons (Fsp3) is 0.308. The molecular weight excluding hydrogens is 351 g/mol. The lowest BCUT2D eigenvalue weighted by atomic mass is 10.2. The molecule has 0 amide bonds. The van der Waals surface area contributed by atoms with E-state index in [0.717, 1.165) is 27.0 Å². The molecule has 1 aromatic heterocycles. The van der Waals surface area contributed by atoms with Gasteiger partial charge in [-0.3, -0.25) is 0 Å². The van der Waals surface area contributed by atoms with Crippen molar-refractivity contribution in [2.75, 3.05) is 7.11 Å². The van der Waals surface area contributed by atoms with E-state index in [1.165, 1.54) is 0 Å². The van der Waals surface area contributed by atoms with E-state index in [1.807, 2.05) is 25.1 Å². The Kier molecular flexibility index (Phi) is 4.90. The first-order valence-electron chi connectivity index (χ1n) is 5.66. The zero-order valence-electron chi connectivity index (χ0n) is 10.6. The van der Waals surface area contributed by atoms with Crippen LogP contribution in [0.2, 0.25) is 5.15 Å². The molecule has 2 rings (SSSR count). The minimum Gasteiger partial charge on any atom is -0.378 e. The zero-order chi connectivity index (χ0) is 14.0. The van der Waals surface area contributed by atoms with Crippen LogP contribution in [0.3, 0.4) is 0 Å². The summed E-state index contributed by atoms with van der Waals surface area (Å²) in [6, 6.07) is 5.94. The average Bonchev–Trinajstić information content (AvgIpc) is 2.66. The maximum Gasteiger partial charge on any atom is 0.137 e. The Hall–Kier alpha value is -0.550. The van der Waals surface area contributed by atoms with Gasteiger partial charge in [0.05, 0.1) is 23.9 Å². The van der Waals surface area contributed by atoms with Crippen LogP contribution in [-0.4, -0.2) is 16.9 Å². The number of nitrogens with zero attached hydrogens (tertiary/aromatic N) is 2. The highest BCUT2D eigenvalue weighted by molar-refractivity contribution is 9.10. The Labute approximate surface area is 130 Å². The van der Waals surface area contributed by atoms with Crippen molar-refractivity contribution in [3.8, 4) is 5.69 Å². The summed E-state index contributed by atoms with van der Waals surface area (Å²) in [5.41, 5.74) is 3.59. The van der Waals surface area contributed by atoms with Crippen LogP contribution in [-0.2, 0) is 17.2 Å². The van der Waals surface area contributed by atoms with Gasteiger partial charge in [0.2, 0.25) is 0 Å². The standard InChI is InChI=1S/C13H13BrCl2N2O/c1-8-5-9(14)3-4-12(8)18-13(16)10(6-15)11(17-18)7-19-2/h3-5H,6-7H2,1-2H3. The molecule has 3 nitrogen and oxygen atoms in total. The van der Waals surface area contributed by atoms with Gasteiger partial charge in [-0.15, -0.1) is 11.6 Å². The molecule has 0 N–H and O–H groups in total. The fourth-order valence-electron chi connectivity index (χ4n) is 1.87. The molecule has 0 aliphatic heterocycles. The van der Waals surface area contributed by atoms with Crippen molar-refractivity contribution in [2.24, 2.45) is 0 Å². The number of aromatic nitrogens is 2. The molecule has 0 unspecified atom stereocenters. The third-order valence-electron chi connectivity index (χ3n) is 2.81. The topological polar surface area (TPSA) is 27.1 Å². The molecule has 0 saturated carbocycles. The number of methoxy groups -OCH3 is 1. The van der Waals surface area contributed by atoms with Crippen LogP contribution in [0, 0.1) is 6.92 Å². The van der Waals surface area contributed by atoms with E-state index < -0.39 is 0 Å². The van der Waals surface area contributed by atoms with E-state index in [-0.39, 0.29) is 0 Å². The Morgan fingerprint density at radius 3 is 2.74 bits per heavy atom. The minimum absolute atomic E-state index is 0.313. The number of rotatable bonds is 4. The number of aryl methyl sites for hydroxylation is 1. The molecule has 0 bridgehead atoms. The van der Waals surface area contributed by atoms with Crippen LogP contribution >= 0.6 is 39.1 Å². The van der Waals surface area contributed by atoms with Crippen molar-refractivity contribution >= 4 is 39.1 Å². The van der Waals surface area contributed by atoms with Gasteiger partial charge in [0.25, 0.3) is 0 Å². The molecule has 0 spiro atoms. The van der Waals surface area contributed by atoms with Gasteiger partial charge in [0.1, 0.15) is 5.15 Å². The summed E-state index contributed by atoms with van der Waals surface area (Å²) in [6.45, 7) is 2.40. The maximum atomic E-state index is 6.36. The summed E-state index contributed by atoms with van der Waals surface area (Å²) < 4.78 is 7.85. The Bertz CT molecular complexity index is 599. The average molecular weight is 364 g/mol. The largest absolute Gasteiger partial charge is 0.378 e. The van der Waals surface area contributed by atoms with E-state index in [9.17, 15) is 0 Å². The summed E-state index contributed by atoms with van der Waals surface area (Å²) in [4.78, 5) is 0. The molecule has 19 heavy (non-hydrogen) atoms. The molecule has 102 valence electrons. The van der Waals surface area contributed by atoms with Crippen LogP contribution in [0.15, 0.2) is 22.7 Å². The zero-order valence-corrected chi connectivity index (χ0v) is 13.7. The fourth-order valence-corrected chi connectivity index (χ4v) is 3.00. The molecule has 0 fully saturated rings. The van der Waals surface area contributed by atoms with Gasteiger partial charge in [-0.05, 0) is 30.7 Å². The summed E-state index contributed by atoms with van der Waals surface area (Å²) >= 11 is 15.7. The van der Waals surface area contributed by atoms with Crippen LogP contribution in [0.1, 0.15) is 16.8 Å². The van der Waals surface area contributed by atoms with Gasteiger partial charge in [-0.2, -0.15) is 5.10 Å². The second-order valence-corrected chi connectivity index (χ2v) is 5.67. The van der Waals surface area contributed by atoms with Crippen molar-refractivity contribution in [3.63, 3.8) is 0 Å². The highest BCUT2D eigenvalue weighted by atomic mass is 79.9. The third kappa shape index (κ3) is 2.97. The number of benzene rings is 1. The molecule has 0 aliphatic carbocycles. The lowest BCUT2D eigenvalue weighted by molar-refractivity contribution is 0.180. The molecule has 6 heteroatoms. The molecular formula is C13H13BrCl2N2O. The monoisotopic (exact) mass is 362 g/mol. The van der Waals surface area contributed by atoms with Gasteiger partial charge in [0.15, 0.2) is 0 Å². The summed E-state index contributed by atoms with van der Waals surface area (Å²) in [7, 11) is 1.62. The van der Waals surface area contributed by atoms with E-state index in [0.29, 0.717) is 17.6 Å². The van der Waals surface area contributed by atoms with Crippen LogP contribution < -0.4 is 0 Å². The van der Waals surface area contributed by atoms with Gasteiger partial charge >= 0.3 is 0 Å². The molecule has 1 aromatic carbocycles. The van der Waals surface area contributed by atoms with E-state index in [1.54, 1.807) is 11.8 Å². The highest BCUT2D eigenvalue weighted by Crippen LogP contribution is 2.28. The summed E-state index contributed by atoms with van der Waals surface area (Å²) in [6.07, 6.45) is 0. The first-order chi connectivity index (χ1) is 9.08. The van der Waals surface area contributed by atoms with Crippen LogP contribution in [0.4, 0.5) is 0 Å². The summed E-state index contributed by atoms with van der Waals surface area (Å²) in [5.74, 6) is 0.313. The number of hydrogen-bond acceptors (Lipinski definition) is 2. The third-order valence-corrected chi connectivity index (χ3v) is 3.95. The van der Waals surface area contributed by atoms with E-state index in [4.69, 9.17) is 27.9 Å². The molecule has 0 atom stereocenters. The molecule has 0 saturated heterocycles. The van der Waals surface area contributed by atoms with Gasteiger partial charge in [-0.25, -0.2) is 4.68 Å². The van der Waals surface area contributed by atoms with Crippen molar-refractivity contribution in [3.05, 3.63) is 44.6 Å². The predicted octanol–water partition coefficient (Wildman–Crippen LogP) is 4.48. The number of alkyl halides is 1. The quantitative estimate of drug-likeness (QED) is 0.748. The first-order valence-corrected chi connectivity index (χ1v) is 7.36. The lowest BCUT2D eigenvalue weighted by Gasteiger charge is -2.07. The Balaban J connectivity index is 2.56. The van der Waals surface area contributed by atoms with Crippen molar-refractivity contribution in [1.29, 1.82) is 0 Å². The number of ether oxygens (including phenoxy) is 1. The molecule has 0 radical (unpaired) electrons. The molecule has 0 aliphatic rings. The molecule has 1 heterocycles. The molecule has 2 aromatic rings. The maximum absolute atomic E-state index is 6.36. The second-order valence-electron chi connectivity index (χ2n) is 4.13. The van der Waals surface area contributed by atoms with Crippen molar-refractivity contribution in [2.45, 2.75) is 19.4 Å². The Morgan fingerprint density at radius 2 is 2.16 bits per heavy atom. The SMILES string of the molecule is COCc1nn(-c2ccc(Br)cc2C)c(Cl)c1CCl. The lowest BCUT2D eigenvalue weighted by Crippen LogP contribution is -2.00. The van der Waals surface area contributed by atoms with Crippen molar-refractivity contribution in [1.82, 2.24) is 9.78 Å². The van der Waals surface area contributed by atoms with Gasteiger partial charge in [-0.1, -0.05) is 27.5 Å². The van der Waals surface area contributed by atoms with E-state index >= 15 is 0 Å².